The van der Waals surface area contributed by atoms with Crippen molar-refractivity contribution in [1.82, 2.24) is 25.8 Å². The molecule has 3 N–H and O–H groups in total. The molecule has 2 unspecified atom stereocenters. The Morgan fingerprint density at radius 1 is 0.857 bits per heavy atom. The molecule has 0 aromatic rings. The molecule has 4 rings (SSSR count). The summed E-state index contributed by atoms with van der Waals surface area (Å²) in [6, 6.07) is 4.18. The van der Waals surface area contributed by atoms with Gasteiger partial charge >= 0.3 is 0 Å². The molecule has 0 bridgehead atoms. The van der Waals surface area contributed by atoms with Gasteiger partial charge in [0, 0.05) is 55.4 Å². The maximum absolute atomic E-state index is 14.0. The van der Waals surface area contributed by atoms with Crippen LogP contribution in [0.15, 0.2) is 0 Å². The van der Waals surface area contributed by atoms with Gasteiger partial charge in [-0.1, -0.05) is 33.1 Å². The van der Waals surface area contributed by atoms with Crippen LogP contribution in [0.4, 0.5) is 4.39 Å². The molecule has 2 saturated heterocycles. The smallest absolute Gasteiger partial charge is 0.103 e. The van der Waals surface area contributed by atoms with E-state index in [1.165, 1.54) is 77.3 Å². The van der Waals surface area contributed by atoms with E-state index in [1.54, 1.807) is 0 Å². The van der Waals surface area contributed by atoms with Crippen molar-refractivity contribution in [3.05, 3.63) is 0 Å². The van der Waals surface area contributed by atoms with Crippen molar-refractivity contribution in [2.75, 3.05) is 33.2 Å². The Bertz CT molecular complexity index is 604. The van der Waals surface area contributed by atoms with E-state index in [2.05, 4.69) is 53.6 Å². The minimum atomic E-state index is -0.592. The van der Waals surface area contributed by atoms with E-state index in [1.807, 2.05) is 0 Å². The molecule has 5 nitrogen and oxygen atoms in total. The Morgan fingerprint density at radius 2 is 1.54 bits per heavy atom. The van der Waals surface area contributed by atoms with Crippen molar-refractivity contribution in [2.24, 2.45) is 5.92 Å². The van der Waals surface area contributed by atoms with E-state index >= 15 is 0 Å². The number of likely N-dealkylation sites (N-methyl/N-ethyl adjacent to an activating group) is 1. The quantitative estimate of drug-likeness (QED) is 0.446. The maximum atomic E-state index is 14.0. The molecule has 4 fully saturated rings. The average molecular weight is 494 g/mol. The van der Waals surface area contributed by atoms with Crippen molar-refractivity contribution < 1.29 is 4.39 Å². The fourth-order valence-corrected chi connectivity index (χ4v) is 8.02. The van der Waals surface area contributed by atoms with Crippen LogP contribution < -0.4 is 16.0 Å². The SMILES string of the molecule is CC(C)N[C@H]1CCCC(CC(C)N[C@H]2CCCC[C@@H]2N(C)C2CCNCC2)[C@@H]1N1CCC(F)CC1. The molecule has 204 valence electrons. The Hall–Kier alpha value is -0.270. The fourth-order valence-electron chi connectivity index (χ4n) is 8.02. The van der Waals surface area contributed by atoms with Crippen molar-refractivity contribution >= 4 is 0 Å². The number of alkyl halides is 1. The van der Waals surface area contributed by atoms with Gasteiger partial charge in [-0.2, -0.15) is 0 Å². The van der Waals surface area contributed by atoms with Gasteiger partial charge in [-0.3, -0.25) is 9.80 Å². The molecule has 0 aromatic carbocycles. The van der Waals surface area contributed by atoms with Crippen molar-refractivity contribution in [3.63, 3.8) is 0 Å². The number of hydrogen-bond acceptors (Lipinski definition) is 5. The van der Waals surface area contributed by atoms with E-state index < -0.39 is 6.17 Å². The lowest BCUT2D eigenvalue weighted by molar-refractivity contribution is 0.0273. The summed E-state index contributed by atoms with van der Waals surface area (Å²) in [4.78, 5) is 5.42. The summed E-state index contributed by atoms with van der Waals surface area (Å²) in [6.45, 7) is 11.2. The molecule has 2 aliphatic heterocycles. The Balaban J connectivity index is 1.38. The fraction of sp³-hybridized carbons (Fsp3) is 1.00. The molecule has 2 saturated carbocycles. The molecule has 0 spiro atoms. The van der Waals surface area contributed by atoms with E-state index in [4.69, 9.17) is 0 Å². The van der Waals surface area contributed by atoms with Gasteiger partial charge in [-0.25, -0.2) is 4.39 Å². The number of piperidine rings is 2. The van der Waals surface area contributed by atoms with Gasteiger partial charge in [-0.15, -0.1) is 0 Å². The first kappa shape index (κ1) is 27.8. The molecule has 2 aliphatic carbocycles. The van der Waals surface area contributed by atoms with Crippen LogP contribution in [0.3, 0.4) is 0 Å². The minimum Gasteiger partial charge on any atom is -0.317 e. The zero-order valence-corrected chi connectivity index (χ0v) is 23.3. The Labute approximate surface area is 215 Å². The Kier molecular flexibility index (Phi) is 10.7. The lowest BCUT2D eigenvalue weighted by Crippen LogP contribution is -2.60. The van der Waals surface area contributed by atoms with Gasteiger partial charge in [0.05, 0.1) is 0 Å². The van der Waals surface area contributed by atoms with Crippen LogP contribution in [0.2, 0.25) is 0 Å². The van der Waals surface area contributed by atoms with E-state index in [9.17, 15) is 4.39 Å². The summed E-state index contributed by atoms with van der Waals surface area (Å²) in [5.74, 6) is 0.697. The highest BCUT2D eigenvalue weighted by Crippen LogP contribution is 2.35. The number of nitrogens with zero attached hydrogens (tertiary/aromatic N) is 2. The number of rotatable bonds is 9. The van der Waals surface area contributed by atoms with Gasteiger partial charge in [0.25, 0.3) is 0 Å². The van der Waals surface area contributed by atoms with E-state index in [0.29, 0.717) is 42.2 Å². The molecule has 35 heavy (non-hydrogen) atoms. The Morgan fingerprint density at radius 3 is 2.26 bits per heavy atom. The molecular formula is C29H56FN5. The topological polar surface area (TPSA) is 42.6 Å². The van der Waals surface area contributed by atoms with Gasteiger partial charge in [0.2, 0.25) is 0 Å². The first-order valence-electron chi connectivity index (χ1n) is 15.2. The molecule has 0 radical (unpaired) electrons. The number of likely N-dealkylation sites (tertiary alicyclic amines) is 1. The first-order chi connectivity index (χ1) is 16.9. The van der Waals surface area contributed by atoms with Crippen molar-refractivity contribution in [3.8, 4) is 0 Å². The predicted molar refractivity (Wildman–Crippen MR) is 146 cm³/mol. The van der Waals surface area contributed by atoms with Crippen LogP contribution in [-0.4, -0.2) is 91.5 Å². The third-order valence-electron chi connectivity index (χ3n) is 9.71. The zero-order valence-electron chi connectivity index (χ0n) is 23.3. The summed E-state index contributed by atoms with van der Waals surface area (Å²) < 4.78 is 14.0. The molecule has 4 aliphatic rings. The summed E-state index contributed by atoms with van der Waals surface area (Å²) in [5, 5.41) is 11.6. The molecule has 0 aromatic heterocycles. The third-order valence-corrected chi connectivity index (χ3v) is 9.71. The monoisotopic (exact) mass is 493 g/mol. The summed E-state index contributed by atoms with van der Waals surface area (Å²) >= 11 is 0. The molecule has 6 atom stereocenters. The summed E-state index contributed by atoms with van der Waals surface area (Å²) in [6.07, 6.45) is 14.0. The lowest BCUT2D eigenvalue weighted by atomic mass is 9.76. The molecule has 0 amide bonds. The van der Waals surface area contributed by atoms with Crippen LogP contribution in [-0.2, 0) is 0 Å². The van der Waals surface area contributed by atoms with E-state index in [-0.39, 0.29) is 0 Å². The second kappa shape index (κ2) is 13.5. The molecule has 2 heterocycles. The second-order valence-electron chi connectivity index (χ2n) is 12.7. The number of nitrogens with one attached hydrogen (secondary N) is 3. The average Bonchev–Trinajstić information content (AvgIpc) is 2.85. The van der Waals surface area contributed by atoms with E-state index in [0.717, 1.165) is 32.0 Å². The number of halogens is 1. The van der Waals surface area contributed by atoms with Gasteiger partial charge < -0.3 is 16.0 Å². The third kappa shape index (κ3) is 7.63. The zero-order chi connectivity index (χ0) is 24.8. The van der Waals surface area contributed by atoms with Gasteiger partial charge in [0.1, 0.15) is 6.17 Å². The van der Waals surface area contributed by atoms with Gasteiger partial charge in [0.15, 0.2) is 0 Å². The van der Waals surface area contributed by atoms with Crippen LogP contribution in [0.1, 0.15) is 97.8 Å². The predicted octanol–water partition coefficient (Wildman–Crippen LogP) is 4.32. The highest BCUT2D eigenvalue weighted by Gasteiger charge is 2.40. The highest BCUT2D eigenvalue weighted by molar-refractivity contribution is 4.98. The van der Waals surface area contributed by atoms with Crippen molar-refractivity contribution in [2.45, 2.75) is 146 Å². The normalized spacial score (nSPS) is 35.6. The largest absolute Gasteiger partial charge is 0.317 e. The first-order valence-corrected chi connectivity index (χ1v) is 15.2. The molecule has 6 heteroatoms. The summed E-state index contributed by atoms with van der Waals surface area (Å²) in [5.41, 5.74) is 0. The van der Waals surface area contributed by atoms with Crippen LogP contribution >= 0.6 is 0 Å². The second-order valence-corrected chi connectivity index (χ2v) is 12.7. The molecular weight excluding hydrogens is 437 g/mol. The lowest BCUT2D eigenvalue weighted by Gasteiger charge is -2.49. The van der Waals surface area contributed by atoms with Gasteiger partial charge in [-0.05, 0) is 90.8 Å². The van der Waals surface area contributed by atoms with Crippen LogP contribution in [0.25, 0.3) is 0 Å². The standard InChI is InChI=1S/C29H56FN5/c1-21(2)32-27-10-7-8-23(29(27)35-18-14-24(30)15-19-35)20-22(3)33-26-9-5-6-11-28(26)34(4)25-12-16-31-17-13-25/h21-29,31-33H,5-20H2,1-4H3/t22?,23?,26-,27-,28-,29-/m0/s1. The highest BCUT2D eigenvalue weighted by atomic mass is 19.1. The minimum absolute atomic E-state index is 0.504. The van der Waals surface area contributed by atoms with Crippen LogP contribution in [0.5, 0.6) is 0 Å². The van der Waals surface area contributed by atoms with Crippen molar-refractivity contribution in [1.29, 1.82) is 0 Å². The van der Waals surface area contributed by atoms with Crippen LogP contribution in [0, 0.1) is 5.92 Å². The maximum Gasteiger partial charge on any atom is 0.103 e. The summed E-state index contributed by atoms with van der Waals surface area (Å²) in [7, 11) is 2.40. The number of hydrogen-bond donors (Lipinski definition) is 3.